The zero-order valence-electron chi connectivity index (χ0n) is 14.3. The molecule has 1 aromatic carbocycles. The van der Waals surface area contributed by atoms with E-state index in [0.717, 1.165) is 6.42 Å². The third-order valence-electron chi connectivity index (χ3n) is 3.85. The molecule has 2 atom stereocenters. The quantitative estimate of drug-likeness (QED) is 0.820. The first-order valence-electron chi connectivity index (χ1n) is 8.20. The van der Waals surface area contributed by atoms with Gasteiger partial charge >= 0.3 is 0 Å². The van der Waals surface area contributed by atoms with Crippen LogP contribution in [0.5, 0.6) is 0 Å². The van der Waals surface area contributed by atoms with Crippen LogP contribution in [0, 0.1) is 0 Å². The molecular formula is C18H24N4O2. The summed E-state index contributed by atoms with van der Waals surface area (Å²) in [6.07, 6.45) is 2.79. The van der Waals surface area contributed by atoms with Gasteiger partial charge in [0.15, 0.2) is 0 Å². The maximum atomic E-state index is 12.2. The SMILES string of the molecule is CC[C@@H](C)n1nccc1NC(=O)C[C@H](C)NC(=O)c1ccccc1. The van der Waals surface area contributed by atoms with Crippen LogP contribution in [-0.2, 0) is 4.79 Å². The standard InChI is InChI=1S/C18H24N4O2/c1-4-14(3)22-16(10-11-19-22)21-17(23)12-13(2)20-18(24)15-8-6-5-7-9-15/h5-11,13-14H,4,12H2,1-3H3,(H,20,24)(H,21,23)/t13-,14+/m0/s1. The topological polar surface area (TPSA) is 76.0 Å². The highest BCUT2D eigenvalue weighted by Gasteiger charge is 2.15. The molecule has 0 radical (unpaired) electrons. The molecule has 6 nitrogen and oxygen atoms in total. The second-order valence-electron chi connectivity index (χ2n) is 5.91. The summed E-state index contributed by atoms with van der Waals surface area (Å²) < 4.78 is 1.80. The Balaban J connectivity index is 1.88. The number of benzene rings is 1. The predicted octanol–water partition coefficient (Wildman–Crippen LogP) is 3.00. The number of anilines is 1. The number of rotatable bonds is 7. The Labute approximate surface area is 142 Å². The number of nitrogens with zero attached hydrogens (tertiary/aromatic N) is 2. The Morgan fingerprint density at radius 2 is 1.88 bits per heavy atom. The van der Waals surface area contributed by atoms with Crippen LogP contribution < -0.4 is 10.6 Å². The van der Waals surface area contributed by atoms with E-state index in [0.29, 0.717) is 11.4 Å². The fraction of sp³-hybridized carbons (Fsp3) is 0.389. The van der Waals surface area contributed by atoms with Gasteiger partial charge in [-0.15, -0.1) is 0 Å². The Hall–Kier alpha value is -2.63. The lowest BCUT2D eigenvalue weighted by atomic mass is 10.1. The van der Waals surface area contributed by atoms with Crippen LogP contribution in [0.15, 0.2) is 42.6 Å². The largest absolute Gasteiger partial charge is 0.349 e. The third kappa shape index (κ3) is 4.68. The van der Waals surface area contributed by atoms with Crippen molar-refractivity contribution in [2.75, 3.05) is 5.32 Å². The van der Waals surface area contributed by atoms with Gasteiger partial charge in [0, 0.05) is 24.1 Å². The van der Waals surface area contributed by atoms with Crippen LogP contribution in [0.4, 0.5) is 5.82 Å². The van der Waals surface area contributed by atoms with Crippen LogP contribution in [0.2, 0.25) is 0 Å². The van der Waals surface area contributed by atoms with E-state index in [-0.39, 0.29) is 30.3 Å². The lowest BCUT2D eigenvalue weighted by Crippen LogP contribution is -2.35. The molecule has 0 aliphatic rings. The number of carbonyl (C=O) groups is 2. The van der Waals surface area contributed by atoms with Gasteiger partial charge in [0.25, 0.3) is 5.91 Å². The molecule has 0 aliphatic carbocycles. The molecule has 0 bridgehead atoms. The molecule has 0 unspecified atom stereocenters. The molecule has 0 saturated heterocycles. The van der Waals surface area contributed by atoms with E-state index in [1.54, 1.807) is 29.1 Å². The van der Waals surface area contributed by atoms with Crippen molar-refractivity contribution in [3.05, 3.63) is 48.2 Å². The fourth-order valence-corrected chi connectivity index (χ4v) is 2.36. The summed E-state index contributed by atoms with van der Waals surface area (Å²) >= 11 is 0. The summed E-state index contributed by atoms with van der Waals surface area (Å²) in [6, 6.07) is 10.7. The van der Waals surface area contributed by atoms with Gasteiger partial charge in [-0.3, -0.25) is 9.59 Å². The lowest BCUT2D eigenvalue weighted by molar-refractivity contribution is -0.116. The summed E-state index contributed by atoms with van der Waals surface area (Å²) in [5.41, 5.74) is 0.583. The second kappa shape index (κ2) is 8.29. The van der Waals surface area contributed by atoms with E-state index < -0.39 is 0 Å². The Kier molecular flexibility index (Phi) is 6.12. The fourth-order valence-electron chi connectivity index (χ4n) is 2.36. The van der Waals surface area contributed by atoms with Crippen molar-refractivity contribution in [1.29, 1.82) is 0 Å². The van der Waals surface area contributed by atoms with Crippen molar-refractivity contribution in [2.45, 2.75) is 45.7 Å². The van der Waals surface area contributed by atoms with Gasteiger partial charge in [-0.25, -0.2) is 4.68 Å². The maximum Gasteiger partial charge on any atom is 0.251 e. The molecule has 2 N–H and O–H groups in total. The summed E-state index contributed by atoms with van der Waals surface area (Å²) in [7, 11) is 0. The normalized spacial score (nSPS) is 13.1. The molecule has 0 spiro atoms. The molecule has 0 aliphatic heterocycles. The number of hydrogen-bond donors (Lipinski definition) is 2. The van der Waals surface area contributed by atoms with Crippen LogP contribution in [-0.4, -0.2) is 27.6 Å². The summed E-state index contributed by atoms with van der Waals surface area (Å²) in [5, 5.41) is 9.93. The molecule has 128 valence electrons. The van der Waals surface area contributed by atoms with Gasteiger partial charge in [-0.2, -0.15) is 5.10 Å². The minimum absolute atomic E-state index is 0.152. The van der Waals surface area contributed by atoms with Crippen LogP contribution in [0.25, 0.3) is 0 Å². The Morgan fingerprint density at radius 3 is 2.54 bits per heavy atom. The minimum atomic E-state index is -0.266. The highest BCUT2D eigenvalue weighted by Crippen LogP contribution is 2.16. The van der Waals surface area contributed by atoms with Crippen molar-refractivity contribution in [3.8, 4) is 0 Å². The van der Waals surface area contributed by atoms with Gasteiger partial charge in [0.1, 0.15) is 5.82 Å². The first kappa shape index (κ1) is 17.7. The van der Waals surface area contributed by atoms with E-state index in [1.807, 2.05) is 32.0 Å². The lowest BCUT2D eigenvalue weighted by Gasteiger charge is -2.16. The molecule has 2 rings (SSSR count). The number of hydrogen-bond acceptors (Lipinski definition) is 3. The minimum Gasteiger partial charge on any atom is -0.349 e. The number of carbonyl (C=O) groups excluding carboxylic acids is 2. The monoisotopic (exact) mass is 328 g/mol. The predicted molar refractivity (Wildman–Crippen MR) is 93.8 cm³/mol. The van der Waals surface area contributed by atoms with Crippen molar-refractivity contribution < 1.29 is 9.59 Å². The van der Waals surface area contributed by atoms with Crippen molar-refractivity contribution in [2.24, 2.45) is 0 Å². The average Bonchev–Trinajstić information content (AvgIpc) is 3.02. The highest BCUT2D eigenvalue weighted by atomic mass is 16.2. The van der Waals surface area contributed by atoms with E-state index in [4.69, 9.17) is 0 Å². The molecule has 0 fully saturated rings. The van der Waals surface area contributed by atoms with Gasteiger partial charge in [0.05, 0.1) is 12.2 Å². The first-order valence-corrected chi connectivity index (χ1v) is 8.20. The number of aromatic nitrogens is 2. The molecular weight excluding hydrogens is 304 g/mol. The number of nitrogens with one attached hydrogen (secondary N) is 2. The van der Waals surface area contributed by atoms with Crippen molar-refractivity contribution in [1.82, 2.24) is 15.1 Å². The van der Waals surface area contributed by atoms with Crippen molar-refractivity contribution >= 4 is 17.6 Å². The zero-order valence-corrected chi connectivity index (χ0v) is 14.3. The summed E-state index contributed by atoms with van der Waals surface area (Å²) in [4.78, 5) is 24.3. The molecule has 1 aromatic heterocycles. The smallest absolute Gasteiger partial charge is 0.251 e. The first-order chi connectivity index (χ1) is 11.5. The molecule has 2 amide bonds. The van der Waals surface area contributed by atoms with Gasteiger partial charge in [-0.05, 0) is 32.4 Å². The molecule has 24 heavy (non-hydrogen) atoms. The summed E-state index contributed by atoms with van der Waals surface area (Å²) in [5.74, 6) is 0.345. The average molecular weight is 328 g/mol. The molecule has 2 aromatic rings. The van der Waals surface area contributed by atoms with Gasteiger partial charge < -0.3 is 10.6 Å². The van der Waals surface area contributed by atoms with Gasteiger partial charge in [0.2, 0.25) is 5.91 Å². The van der Waals surface area contributed by atoms with Crippen LogP contribution >= 0.6 is 0 Å². The summed E-state index contributed by atoms with van der Waals surface area (Å²) in [6.45, 7) is 5.93. The van der Waals surface area contributed by atoms with Crippen LogP contribution in [0.1, 0.15) is 50.0 Å². The Morgan fingerprint density at radius 1 is 1.17 bits per heavy atom. The molecule has 0 saturated carbocycles. The third-order valence-corrected chi connectivity index (χ3v) is 3.85. The Bertz CT molecular complexity index is 681. The van der Waals surface area contributed by atoms with E-state index in [9.17, 15) is 9.59 Å². The second-order valence-corrected chi connectivity index (χ2v) is 5.91. The molecule has 1 heterocycles. The van der Waals surface area contributed by atoms with Gasteiger partial charge in [-0.1, -0.05) is 25.1 Å². The zero-order chi connectivity index (χ0) is 17.5. The number of amides is 2. The maximum absolute atomic E-state index is 12.2. The van der Waals surface area contributed by atoms with E-state index in [2.05, 4.69) is 22.7 Å². The molecule has 6 heteroatoms. The van der Waals surface area contributed by atoms with E-state index >= 15 is 0 Å². The van der Waals surface area contributed by atoms with Crippen LogP contribution in [0.3, 0.4) is 0 Å². The van der Waals surface area contributed by atoms with E-state index in [1.165, 1.54) is 0 Å². The highest BCUT2D eigenvalue weighted by molar-refractivity contribution is 5.95. The van der Waals surface area contributed by atoms with Crippen molar-refractivity contribution in [3.63, 3.8) is 0 Å².